The molecule has 3 aliphatic carbocycles. The lowest BCUT2D eigenvalue weighted by atomic mass is 9.52. The second kappa shape index (κ2) is 9.87. The average Bonchev–Trinajstić information content (AvgIpc) is 2.84. The van der Waals surface area contributed by atoms with Gasteiger partial charge in [0.1, 0.15) is 11.5 Å². The minimum Gasteiger partial charge on any atom is -0.507 e. The van der Waals surface area contributed by atoms with Crippen LogP contribution in [0.2, 0.25) is 0 Å². The molecule has 0 aliphatic heterocycles. The second-order valence-corrected chi connectivity index (χ2v) is 10.7. The van der Waals surface area contributed by atoms with Gasteiger partial charge in [0, 0.05) is 23.6 Å². The van der Waals surface area contributed by atoms with Crippen LogP contribution in [0.5, 0.6) is 11.5 Å². The van der Waals surface area contributed by atoms with Gasteiger partial charge < -0.3 is 20.7 Å². The Bertz CT molecular complexity index is 1220. The number of ketones is 4. The number of carbonyl (C=O) groups is 5. The fourth-order valence-corrected chi connectivity index (χ4v) is 6.78. The quantitative estimate of drug-likeness (QED) is 0.400. The molecular weight excluding hydrogens is 494 g/mol. The van der Waals surface area contributed by atoms with Crippen LogP contribution in [0.1, 0.15) is 41.8 Å². The van der Waals surface area contributed by atoms with Gasteiger partial charge in [-0.3, -0.25) is 33.8 Å². The largest absolute Gasteiger partial charge is 0.507 e. The molecule has 4 N–H and O–H groups in total. The van der Waals surface area contributed by atoms with E-state index in [1.165, 1.54) is 18.1 Å². The Morgan fingerprint density at radius 3 is 2.32 bits per heavy atom. The van der Waals surface area contributed by atoms with Gasteiger partial charge in [-0.15, -0.1) is 0 Å². The van der Waals surface area contributed by atoms with Crippen molar-refractivity contribution in [2.24, 2.45) is 29.4 Å². The summed E-state index contributed by atoms with van der Waals surface area (Å²) in [6.07, 6.45) is 0.156. The molecule has 0 radical (unpaired) electrons. The minimum absolute atomic E-state index is 0.00587. The first-order chi connectivity index (χ1) is 17.8. The summed E-state index contributed by atoms with van der Waals surface area (Å²) in [7, 11) is 4.58. The predicted molar refractivity (Wildman–Crippen MR) is 135 cm³/mol. The first-order valence-electron chi connectivity index (χ1n) is 12.8. The van der Waals surface area contributed by atoms with Gasteiger partial charge in [-0.05, 0) is 52.0 Å². The molecule has 2 unspecified atom stereocenters. The van der Waals surface area contributed by atoms with Gasteiger partial charge in [-0.1, -0.05) is 13.8 Å². The zero-order valence-corrected chi connectivity index (χ0v) is 22.3. The summed E-state index contributed by atoms with van der Waals surface area (Å²) in [5.41, 5.74) is 3.68. The summed E-state index contributed by atoms with van der Waals surface area (Å²) in [6, 6.07) is 0.315. The molecule has 6 atom stereocenters. The number of hydrogen-bond acceptors (Lipinski definition) is 10. The molecule has 11 nitrogen and oxygen atoms in total. The minimum atomic E-state index is -2.74. The number of rotatable bonds is 7. The van der Waals surface area contributed by atoms with Crippen molar-refractivity contribution in [2.45, 2.75) is 44.9 Å². The normalized spacial score (nSPS) is 30.8. The van der Waals surface area contributed by atoms with Crippen LogP contribution in [0.4, 0.5) is 0 Å². The van der Waals surface area contributed by atoms with E-state index >= 15 is 0 Å². The number of hydrogen-bond donors (Lipinski definition) is 3. The van der Waals surface area contributed by atoms with Crippen LogP contribution in [0, 0.1) is 23.7 Å². The molecule has 1 aromatic carbocycles. The molecule has 2 fully saturated rings. The molecule has 1 amide bonds. The SMILES string of the molecule is CCN(CC)Cc1cc(O)c2c(c1OC)C[C@H]1C[C@H]3[C@H](N(C)C)C(=O)C(C(N)=O)C(=O)[C@@]3(O)C(=O)C1C2=O. The van der Waals surface area contributed by atoms with E-state index in [1.807, 2.05) is 13.8 Å². The highest BCUT2D eigenvalue weighted by Crippen LogP contribution is 2.52. The molecule has 1 aromatic rings. The Morgan fingerprint density at radius 2 is 1.79 bits per heavy atom. The highest BCUT2D eigenvalue weighted by atomic mass is 16.5. The fraction of sp³-hybridized carbons (Fsp3) is 0.593. The molecule has 206 valence electrons. The molecule has 0 aromatic heterocycles. The number of phenolic OH excluding ortho intramolecular Hbond substituents is 1. The maximum absolute atomic E-state index is 13.9. The van der Waals surface area contributed by atoms with Crippen molar-refractivity contribution >= 4 is 29.0 Å². The Morgan fingerprint density at radius 1 is 1.16 bits per heavy atom. The van der Waals surface area contributed by atoms with Crippen molar-refractivity contribution in [1.82, 2.24) is 9.80 Å². The number of phenols is 1. The number of benzene rings is 1. The van der Waals surface area contributed by atoms with Gasteiger partial charge in [-0.25, -0.2) is 0 Å². The van der Waals surface area contributed by atoms with Crippen LogP contribution in [-0.2, 0) is 32.1 Å². The van der Waals surface area contributed by atoms with Crippen molar-refractivity contribution in [3.8, 4) is 11.5 Å². The number of aliphatic hydroxyl groups is 1. The summed E-state index contributed by atoms with van der Waals surface area (Å²) < 4.78 is 5.71. The van der Waals surface area contributed by atoms with Crippen LogP contribution in [0.25, 0.3) is 0 Å². The number of Topliss-reactive ketones (excluding diaryl/α,β-unsaturated/α-hetero) is 4. The smallest absolute Gasteiger partial charge is 0.235 e. The number of nitrogens with zero attached hydrogens (tertiary/aromatic N) is 2. The average molecular weight is 530 g/mol. The van der Waals surface area contributed by atoms with E-state index in [0.29, 0.717) is 23.4 Å². The molecule has 0 bridgehead atoms. The molecule has 4 rings (SSSR count). The monoisotopic (exact) mass is 529 g/mol. The van der Waals surface area contributed by atoms with Gasteiger partial charge in [0.2, 0.25) is 5.91 Å². The Hall–Kier alpha value is -3.15. The molecule has 38 heavy (non-hydrogen) atoms. The van der Waals surface area contributed by atoms with Gasteiger partial charge in [-0.2, -0.15) is 0 Å². The van der Waals surface area contributed by atoms with Gasteiger partial charge >= 0.3 is 0 Å². The first-order valence-corrected chi connectivity index (χ1v) is 12.8. The lowest BCUT2D eigenvalue weighted by Gasteiger charge is -2.52. The van der Waals surface area contributed by atoms with Crippen molar-refractivity contribution < 1.29 is 38.9 Å². The third-order valence-corrected chi connectivity index (χ3v) is 8.58. The van der Waals surface area contributed by atoms with Crippen LogP contribution in [0.15, 0.2) is 6.07 Å². The van der Waals surface area contributed by atoms with Crippen LogP contribution in [0.3, 0.4) is 0 Å². The molecular formula is C27H35N3O8. The lowest BCUT2D eigenvalue weighted by molar-refractivity contribution is -0.181. The van der Waals surface area contributed by atoms with E-state index in [2.05, 4.69) is 4.90 Å². The van der Waals surface area contributed by atoms with Crippen molar-refractivity contribution in [3.05, 3.63) is 22.8 Å². The Kier molecular flexibility index (Phi) is 7.24. The third-order valence-electron chi connectivity index (χ3n) is 8.58. The maximum Gasteiger partial charge on any atom is 0.235 e. The zero-order valence-electron chi connectivity index (χ0n) is 22.3. The van der Waals surface area contributed by atoms with E-state index in [-0.39, 0.29) is 24.2 Å². The zero-order chi connectivity index (χ0) is 28.3. The predicted octanol–water partition coefficient (Wildman–Crippen LogP) is -0.283. The summed E-state index contributed by atoms with van der Waals surface area (Å²) >= 11 is 0. The third kappa shape index (κ3) is 3.87. The highest BCUT2D eigenvalue weighted by molar-refractivity contribution is 6.32. The van der Waals surface area contributed by atoms with Crippen molar-refractivity contribution in [3.63, 3.8) is 0 Å². The molecule has 0 saturated heterocycles. The van der Waals surface area contributed by atoms with Gasteiger partial charge in [0.05, 0.1) is 24.6 Å². The number of nitrogens with two attached hydrogens (primary N) is 1. The number of methoxy groups -OCH3 is 1. The number of amides is 1. The number of aromatic hydroxyl groups is 1. The lowest BCUT2D eigenvalue weighted by Crippen LogP contribution is -2.74. The molecule has 3 aliphatic rings. The van der Waals surface area contributed by atoms with E-state index in [0.717, 1.165) is 13.1 Å². The molecule has 2 saturated carbocycles. The van der Waals surface area contributed by atoms with Crippen LogP contribution < -0.4 is 10.5 Å². The maximum atomic E-state index is 13.9. The molecule has 0 heterocycles. The van der Waals surface area contributed by atoms with Crippen LogP contribution in [-0.4, -0.2) is 95.0 Å². The van der Waals surface area contributed by atoms with Gasteiger partial charge in [0.15, 0.2) is 34.7 Å². The summed E-state index contributed by atoms with van der Waals surface area (Å²) in [5, 5.41) is 22.6. The molecule has 0 spiro atoms. The fourth-order valence-electron chi connectivity index (χ4n) is 6.78. The van der Waals surface area contributed by atoms with E-state index in [1.54, 1.807) is 14.1 Å². The number of ether oxygens (including phenoxy) is 1. The van der Waals surface area contributed by atoms with E-state index in [4.69, 9.17) is 10.5 Å². The summed E-state index contributed by atoms with van der Waals surface area (Å²) in [6.45, 7) is 6.01. The summed E-state index contributed by atoms with van der Waals surface area (Å²) in [5.74, 6) is -10.2. The molecule has 11 heteroatoms. The number of primary amides is 1. The topological polar surface area (TPSA) is 168 Å². The van der Waals surface area contributed by atoms with E-state index < -0.39 is 64.4 Å². The Balaban J connectivity index is 1.85. The van der Waals surface area contributed by atoms with Crippen LogP contribution >= 0.6 is 0 Å². The highest BCUT2D eigenvalue weighted by Gasteiger charge is 2.69. The second-order valence-electron chi connectivity index (χ2n) is 10.7. The van der Waals surface area contributed by atoms with E-state index in [9.17, 15) is 34.2 Å². The number of likely N-dealkylation sites (N-methyl/N-ethyl adjacent to an activating group) is 1. The van der Waals surface area contributed by atoms with Gasteiger partial charge in [0.25, 0.3) is 0 Å². The first kappa shape index (κ1) is 27.9. The Labute approximate surface area is 220 Å². The summed E-state index contributed by atoms with van der Waals surface area (Å²) in [4.78, 5) is 69.8. The number of fused-ring (bicyclic) bond motifs is 3. The standard InChI is InChI=1S/C27H35N3O8/c1-6-30(7-2)11-13-10-16(31)18-14(23(13)38-5)8-12-9-15-20(29(3)4)22(33)19(26(28)36)25(35)27(15,37)24(34)17(12)21(18)32/h10,12,15,17,19-20,31,37H,6-9,11H2,1-5H3,(H2,28,36)/t12-,15-,17?,19?,20-,27-/m0/s1. The number of carbonyl (C=O) groups excluding carboxylic acids is 5. The van der Waals surface area contributed by atoms with Crippen molar-refractivity contribution in [1.29, 1.82) is 0 Å². The van der Waals surface area contributed by atoms with Crippen molar-refractivity contribution in [2.75, 3.05) is 34.3 Å².